The van der Waals surface area contributed by atoms with Crippen molar-refractivity contribution in [2.24, 2.45) is 0 Å². The van der Waals surface area contributed by atoms with Gasteiger partial charge >= 0.3 is 12.1 Å². The highest BCUT2D eigenvalue weighted by atomic mass is 79.9. The molecular formula is C18H24BrN3O3. The minimum Gasteiger partial charge on any atom is -0.444 e. The van der Waals surface area contributed by atoms with E-state index in [1.54, 1.807) is 4.90 Å². The number of urea groups is 1. The van der Waals surface area contributed by atoms with Gasteiger partial charge in [-0.3, -0.25) is 0 Å². The summed E-state index contributed by atoms with van der Waals surface area (Å²) in [6.45, 7) is 8.40. The number of ether oxygens (including phenoxy) is 1. The van der Waals surface area contributed by atoms with Gasteiger partial charge in [-0.1, -0.05) is 28.1 Å². The maximum Gasteiger partial charge on any atom is 0.410 e. The summed E-state index contributed by atoms with van der Waals surface area (Å²) in [6.07, 6.45) is -0.300. The summed E-state index contributed by atoms with van der Waals surface area (Å²) in [4.78, 5) is 30.3. The molecule has 0 saturated carbocycles. The Hall–Kier alpha value is -1.76. The zero-order chi connectivity index (χ0) is 18.2. The number of hydrogen-bond donors (Lipinski definition) is 0. The number of hydrogen-bond acceptors (Lipinski definition) is 3. The standard InChI is InChI=1S/C18H24BrN3O3/c1-18(2,3)25-17(24)20-8-9-22-15(11-20)12-21(16(22)23)10-13-4-6-14(19)7-5-13/h4-7,15H,8-12H2,1-3H3/t15-/m0/s1. The molecule has 3 rings (SSSR count). The highest BCUT2D eigenvalue weighted by Crippen LogP contribution is 2.24. The number of halogens is 1. The molecule has 0 radical (unpaired) electrons. The smallest absolute Gasteiger partial charge is 0.410 e. The van der Waals surface area contributed by atoms with Gasteiger partial charge in [0.1, 0.15) is 5.60 Å². The first-order chi connectivity index (χ1) is 11.7. The molecule has 7 heteroatoms. The van der Waals surface area contributed by atoms with Crippen molar-refractivity contribution in [1.29, 1.82) is 0 Å². The molecule has 0 aromatic heterocycles. The average molecular weight is 410 g/mol. The molecular weight excluding hydrogens is 386 g/mol. The van der Waals surface area contributed by atoms with Gasteiger partial charge < -0.3 is 19.4 Å². The van der Waals surface area contributed by atoms with Gasteiger partial charge in [0.15, 0.2) is 0 Å². The number of benzene rings is 1. The van der Waals surface area contributed by atoms with Gasteiger partial charge in [-0.15, -0.1) is 0 Å². The molecule has 2 fully saturated rings. The normalized spacial score (nSPS) is 20.7. The fourth-order valence-electron chi connectivity index (χ4n) is 3.21. The molecule has 0 N–H and O–H groups in total. The predicted molar refractivity (Wildman–Crippen MR) is 98.2 cm³/mol. The number of carbonyl (C=O) groups is 2. The van der Waals surface area contributed by atoms with E-state index in [0.29, 0.717) is 32.7 Å². The van der Waals surface area contributed by atoms with Crippen LogP contribution in [0.2, 0.25) is 0 Å². The molecule has 6 nitrogen and oxygen atoms in total. The molecule has 2 heterocycles. The van der Waals surface area contributed by atoms with Gasteiger partial charge in [0.2, 0.25) is 0 Å². The van der Waals surface area contributed by atoms with Crippen LogP contribution in [0.4, 0.5) is 9.59 Å². The Morgan fingerprint density at radius 2 is 1.88 bits per heavy atom. The molecule has 1 aromatic carbocycles. The van der Waals surface area contributed by atoms with Crippen LogP contribution in [-0.2, 0) is 11.3 Å². The van der Waals surface area contributed by atoms with E-state index in [1.807, 2.05) is 54.8 Å². The van der Waals surface area contributed by atoms with Crippen LogP contribution in [0.1, 0.15) is 26.3 Å². The monoisotopic (exact) mass is 409 g/mol. The third kappa shape index (κ3) is 4.26. The van der Waals surface area contributed by atoms with E-state index in [1.165, 1.54) is 0 Å². The highest BCUT2D eigenvalue weighted by Gasteiger charge is 2.42. The number of amides is 3. The Morgan fingerprint density at radius 3 is 2.52 bits per heavy atom. The van der Waals surface area contributed by atoms with E-state index in [9.17, 15) is 9.59 Å². The van der Waals surface area contributed by atoms with Crippen molar-refractivity contribution in [1.82, 2.24) is 14.7 Å². The van der Waals surface area contributed by atoms with Crippen LogP contribution in [0.25, 0.3) is 0 Å². The number of nitrogens with zero attached hydrogens (tertiary/aromatic N) is 3. The fourth-order valence-corrected chi connectivity index (χ4v) is 3.48. The van der Waals surface area contributed by atoms with Crippen LogP contribution >= 0.6 is 15.9 Å². The molecule has 2 saturated heterocycles. The summed E-state index contributed by atoms with van der Waals surface area (Å²) in [5.41, 5.74) is 0.591. The van der Waals surface area contributed by atoms with E-state index in [-0.39, 0.29) is 18.2 Å². The summed E-state index contributed by atoms with van der Waals surface area (Å²) in [6, 6.07) is 8.07. The number of fused-ring (bicyclic) bond motifs is 1. The summed E-state index contributed by atoms with van der Waals surface area (Å²) in [5.74, 6) is 0. The Labute approximate surface area is 156 Å². The van der Waals surface area contributed by atoms with Crippen molar-refractivity contribution < 1.29 is 14.3 Å². The van der Waals surface area contributed by atoms with Gasteiger partial charge in [-0.2, -0.15) is 0 Å². The fraction of sp³-hybridized carbons (Fsp3) is 0.556. The van der Waals surface area contributed by atoms with Crippen LogP contribution in [-0.4, -0.2) is 64.6 Å². The number of carbonyl (C=O) groups excluding carboxylic acids is 2. The minimum absolute atomic E-state index is 0.0317. The van der Waals surface area contributed by atoms with Crippen LogP contribution in [0.3, 0.4) is 0 Å². The van der Waals surface area contributed by atoms with Gasteiger partial charge in [0.05, 0.1) is 6.04 Å². The second kappa shape index (κ2) is 6.86. The molecule has 1 atom stereocenters. The van der Waals surface area contributed by atoms with Gasteiger partial charge in [0.25, 0.3) is 0 Å². The third-order valence-corrected chi connectivity index (χ3v) is 4.90. The first-order valence-electron chi connectivity index (χ1n) is 8.51. The number of piperazine rings is 1. The molecule has 25 heavy (non-hydrogen) atoms. The van der Waals surface area contributed by atoms with Crippen LogP contribution in [0, 0.1) is 0 Å². The summed E-state index contributed by atoms with van der Waals surface area (Å²) in [5, 5.41) is 0. The molecule has 0 aliphatic carbocycles. The number of rotatable bonds is 2. The van der Waals surface area contributed by atoms with Crippen molar-refractivity contribution >= 4 is 28.1 Å². The lowest BCUT2D eigenvalue weighted by Gasteiger charge is -2.37. The van der Waals surface area contributed by atoms with Gasteiger partial charge in [0, 0.05) is 37.2 Å². The maximum absolute atomic E-state index is 12.6. The van der Waals surface area contributed by atoms with Crippen molar-refractivity contribution in [2.45, 2.75) is 39.0 Å². The summed E-state index contributed by atoms with van der Waals surface area (Å²) < 4.78 is 6.47. The van der Waals surface area contributed by atoms with Crippen LogP contribution in [0.5, 0.6) is 0 Å². The Kier molecular flexibility index (Phi) is 4.95. The van der Waals surface area contributed by atoms with Gasteiger partial charge in [-0.05, 0) is 38.5 Å². The van der Waals surface area contributed by atoms with E-state index < -0.39 is 5.60 Å². The average Bonchev–Trinajstić information content (AvgIpc) is 2.83. The van der Waals surface area contributed by atoms with Crippen LogP contribution in [0.15, 0.2) is 28.7 Å². The molecule has 0 spiro atoms. The first kappa shape index (κ1) is 18.0. The lowest BCUT2D eigenvalue weighted by atomic mass is 10.2. The molecule has 0 bridgehead atoms. The summed E-state index contributed by atoms with van der Waals surface area (Å²) in [7, 11) is 0. The third-order valence-electron chi connectivity index (χ3n) is 4.37. The van der Waals surface area contributed by atoms with E-state index in [0.717, 1.165) is 10.0 Å². The first-order valence-corrected chi connectivity index (χ1v) is 9.30. The molecule has 3 amide bonds. The minimum atomic E-state index is -0.507. The highest BCUT2D eigenvalue weighted by molar-refractivity contribution is 9.10. The van der Waals surface area contributed by atoms with E-state index in [4.69, 9.17) is 4.74 Å². The van der Waals surface area contributed by atoms with Gasteiger partial charge in [-0.25, -0.2) is 9.59 Å². The van der Waals surface area contributed by atoms with Crippen molar-refractivity contribution in [3.05, 3.63) is 34.3 Å². The zero-order valence-electron chi connectivity index (χ0n) is 14.9. The van der Waals surface area contributed by atoms with Crippen molar-refractivity contribution in [3.8, 4) is 0 Å². The lowest BCUT2D eigenvalue weighted by Crippen LogP contribution is -2.54. The molecule has 2 aliphatic heterocycles. The van der Waals surface area contributed by atoms with E-state index in [2.05, 4.69) is 15.9 Å². The Balaban J connectivity index is 1.62. The zero-order valence-corrected chi connectivity index (χ0v) is 16.5. The SMILES string of the molecule is CC(C)(C)OC(=O)N1CCN2C(=O)N(Cc3ccc(Br)cc3)C[C@@H]2C1. The van der Waals surface area contributed by atoms with Crippen LogP contribution < -0.4 is 0 Å². The molecule has 2 aliphatic rings. The van der Waals surface area contributed by atoms with E-state index >= 15 is 0 Å². The van der Waals surface area contributed by atoms with Crippen molar-refractivity contribution in [3.63, 3.8) is 0 Å². The topological polar surface area (TPSA) is 53.1 Å². The predicted octanol–water partition coefficient (Wildman–Crippen LogP) is 3.31. The molecule has 1 aromatic rings. The molecule has 136 valence electrons. The Bertz CT molecular complexity index is 657. The van der Waals surface area contributed by atoms with Crippen molar-refractivity contribution in [2.75, 3.05) is 26.2 Å². The Morgan fingerprint density at radius 1 is 1.20 bits per heavy atom. The quantitative estimate of drug-likeness (QED) is 0.752. The second-order valence-corrected chi connectivity index (χ2v) is 8.48. The maximum atomic E-state index is 12.6. The second-order valence-electron chi connectivity index (χ2n) is 7.56. The lowest BCUT2D eigenvalue weighted by molar-refractivity contribution is 0.0128. The largest absolute Gasteiger partial charge is 0.444 e. The summed E-state index contributed by atoms with van der Waals surface area (Å²) >= 11 is 3.42. The molecule has 0 unspecified atom stereocenters.